The summed E-state index contributed by atoms with van der Waals surface area (Å²) < 4.78 is 19.0. The van der Waals surface area contributed by atoms with Crippen molar-refractivity contribution in [1.82, 2.24) is 0 Å². The molecule has 0 bridgehead atoms. The van der Waals surface area contributed by atoms with E-state index in [1.54, 1.807) is 19.1 Å². The third kappa shape index (κ3) is 2.00. The van der Waals surface area contributed by atoms with Gasteiger partial charge in [0.15, 0.2) is 0 Å². The second kappa shape index (κ2) is 4.35. The van der Waals surface area contributed by atoms with Crippen molar-refractivity contribution in [2.75, 3.05) is 6.61 Å². The van der Waals surface area contributed by atoms with E-state index in [2.05, 4.69) is 0 Å². The number of hydrogen-bond donors (Lipinski definition) is 1. The fraction of sp³-hybridized carbons (Fsp3) is 0.250. The van der Waals surface area contributed by atoms with Crippen molar-refractivity contribution in [3.8, 4) is 5.75 Å². The number of benzene rings is 2. The molecular weight excluding hydrogens is 243 g/mol. The van der Waals surface area contributed by atoms with Gasteiger partial charge in [0.05, 0.1) is 6.61 Å². The quantitative estimate of drug-likeness (QED) is 0.897. The van der Waals surface area contributed by atoms with Crippen LogP contribution < -0.4 is 4.74 Å². The lowest BCUT2D eigenvalue weighted by Crippen LogP contribution is -2.23. The van der Waals surface area contributed by atoms with Gasteiger partial charge in [-0.25, -0.2) is 4.39 Å². The van der Waals surface area contributed by atoms with E-state index in [1.165, 1.54) is 12.1 Å². The minimum absolute atomic E-state index is 0.355. The minimum atomic E-state index is -1.27. The Morgan fingerprint density at radius 3 is 2.79 bits per heavy atom. The summed E-state index contributed by atoms with van der Waals surface area (Å²) >= 11 is 0. The largest absolute Gasteiger partial charge is 0.493 e. The van der Waals surface area contributed by atoms with Crippen molar-refractivity contribution in [1.29, 1.82) is 0 Å². The first-order valence-electron chi connectivity index (χ1n) is 6.32. The Morgan fingerprint density at radius 2 is 2.00 bits per heavy atom. The first-order valence-corrected chi connectivity index (χ1v) is 6.32. The van der Waals surface area contributed by atoms with E-state index < -0.39 is 5.60 Å². The molecule has 0 spiro atoms. The van der Waals surface area contributed by atoms with Crippen LogP contribution in [-0.4, -0.2) is 11.7 Å². The zero-order valence-electron chi connectivity index (χ0n) is 10.7. The number of para-hydroxylation sites is 1. The van der Waals surface area contributed by atoms with E-state index in [0.717, 1.165) is 17.7 Å². The Kier molecular flexibility index (Phi) is 2.79. The molecule has 0 saturated carbocycles. The molecule has 0 radical (unpaired) electrons. The first-order chi connectivity index (χ1) is 9.09. The Labute approximate surface area is 111 Å². The maximum Gasteiger partial charge on any atom is 0.129 e. The van der Waals surface area contributed by atoms with Crippen molar-refractivity contribution in [2.45, 2.75) is 18.9 Å². The number of rotatable bonds is 2. The van der Waals surface area contributed by atoms with Gasteiger partial charge in [-0.3, -0.25) is 0 Å². The van der Waals surface area contributed by atoms with Crippen LogP contribution in [0.15, 0.2) is 42.5 Å². The Balaban J connectivity index is 2.13. The maximum atomic E-state index is 13.3. The summed E-state index contributed by atoms with van der Waals surface area (Å²) in [7, 11) is 0. The second-order valence-electron chi connectivity index (χ2n) is 4.97. The molecule has 1 heterocycles. The van der Waals surface area contributed by atoms with Crippen LogP contribution in [0.5, 0.6) is 5.75 Å². The molecule has 19 heavy (non-hydrogen) atoms. The van der Waals surface area contributed by atoms with Crippen LogP contribution in [-0.2, 0) is 12.0 Å². The SMILES string of the molecule is CC(O)(c1cccc(F)c1)c1cccc2c1OCC2. The monoisotopic (exact) mass is 258 g/mol. The molecule has 0 aromatic heterocycles. The Morgan fingerprint density at radius 1 is 1.21 bits per heavy atom. The number of halogens is 1. The van der Waals surface area contributed by atoms with Crippen LogP contribution in [0, 0.1) is 5.82 Å². The molecule has 1 N–H and O–H groups in total. The summed E-state index contributed by atoms with van der Waals surface area (Å²) in [4.78, 5) is 0. The average molecular weight is 258 g/mol. The molecular formula is C16H15FO2. The highest BCUT2D eigenvalue weighted by atomic mass is 19.1. The van der Waals surface area contributed by atoms with Gasteiger partial charge < -0.3 is 9.84 Å². The molecule has 0 amide bonds. The molecule has 2 aromatic rings. The minimum Gasteiger partial charge on any atom is -0.493 e. The van der Waals surface area contributed by atoms with Gasteiger partial charge in [0.2, 0.25) is 0 Å². The number of aliphatic hydroxyl groups is 1. The highest BCUT2D eigenvalue weighted by Gasteiger charge is 2.31. The zero-order chi connectivity index (χ0) is 13.5. The summed E-state index contributed by atoms with van der Waals surface area (Å²) in [6, 6.07) is 11.8. The first kappa shape index (κ1) is 12.2. The molecule has 0 aliphatic carbocycles. The van der Waals surface area contributed by atoms with Crippen LogP contribution in [0.25, 0.3) is 0 Å². The lowest BCUT2D eigenvalue weighted by atomic mass is 9.86. The zero-order valence-corrected chi connectivity index (χ0v) is 10.7. The van der Waals surface area contributed by atoms with Gasteiger partial charge in [0.25, 0.3) is 0 Å². The molecule has 1 unspecified atom stereocenters. The molecule has 1 aliphatic rings. The molecule has 1 aliphatic heterocycles. The molecule has 98 valence electrons. The van der Waals surface area contributed by atoms with Crippen LogP contribution in [0.3, 0.4) is 0 Å². The molecule has 3 heteroatoms. The number of hydrogen-bond acceptors (Lipinski definition) is 2. The van der Waals surface area contributed by atoms with E-state index >= 15 is 0 Å². The lowest BCUT2D eigenvalue weighted by Gasteiger charge is -2.26. The van der Waals surface area contributed by atoms with Crippen molar-refractivity contribution in [3.05, 3.63) is 65.0 Å². The van der Waals surface area contributed by atoms with Gasteiger partial charge in [-0.05, 0) is 30.2 Å². The second-order valence-corrected chi connectivity index (χ2v) is 4.97. The molecule has 2 aromatic carbocycles. The maximum absolute atomic E-state index is 13.3. The van der Waals surface area contributed by atoms with E-state index in [-0.39, 0.29) is 5.82 Å². The predicted molar refractivity (Wildman–Crippen MR) is 70.7 cm³/mol. The smallest absolute Gasteiger partial charge is 0.129 e. The fourth-order valence-electron chi connectivity index (χ4n) is 2.55. The van der Waals surface area contributed by atoms with Crippen molar-refractivity contribution >= 4 is 0 Å². The standard InChI is InChI=1S/C16H15FO2/c1-16(18,12-5-3-6-13(17)10-12)14-7-2-4-11-8-9-19-15(11)14/h2-7,10,18H,8-9H2,1H3. The third-order valence-corrected chi connectivity index (χ3v) is 3.63. The summed E-state index contributed by atoms with van der Waals surface area (Å²) in [6.45, 7) is 2.30. The van der Waals surface area contributed by atoms with Gasteiger partial charge >= 0.3 is 0 Å². The van der Waals surface area contributed by atoms with E-state index in [1.807, 2.05) is 18.2 Å². The van der Waals surface area contributed by atoms with E-state index in [9.17, 15) is 9.50 Å². The third-order valence-electron chi connectivity index (χ3n) is 3.63. The van der Waals surface area contributed by atoms with Gasteiger partial charge in [-0.2, -0.15) is 0 Å². The lowest BCUT2D eigenvalue weighted by molar-refractivity contribution is 0.0984. The van der Waals surface area contributed by atoms with E-state index in [0.29, 0.717) is 17.7 Å². The summed E-state index contributed by atoms with van der Waals surface area (Å²) in [5.41, 5.74) is 1.04. The predicted octanol–water partition coefficient (Wildman–Crippen LogP) is 3.02. The van der Waals surface area contributed by atoms with Gasteiger partial charge in [0.1, 0.15) is 17.2 Å². The number of fused-ring (bicyclic) bond motifs is 1. The van der Waals surface area contributed by atoms with Crippen LogP contribution in [0.2, 0.25) is 0 Å². The Hall–Kier alpha value is -1.87. The fourth-order valence-corrected chi connectivity index (χ4v) is 2.55. The molecule has 0 fully saturated rings. The Bertz CT molecular complexity index is 620. The van der Waals surface area contributed by atoms with Crippen LogP contribution in [0.1, 0.15) is 23.6 Å². The summed E-state index contributed by atoms with van der Waals surface area (Å²) in [5.74, 6) is 0.378. The van der Waals surface area contributed by atoms with Crippen molar-refractivity contribution in [3.63, 3.8) is 0 Å². The highest BCUT2D eigenvalue weighted by Crippen LogP contribution is 2.39. The summed E-state index contributed by atoms with van der Waals surface area (Å²) in [6.07, 6.45) is 0.850. The van der Waals surface area contributed by atoms with Gasteiger partial charge in [-0.1, -0.05) is 30.3 Å². The molecule has 0 saturated heterocycles. The van der Waals surface area contributed by atoms with Gasteiger partial charge in [-0.15, -0.1) is 0 Å². The van der Waals surface area contributed by atoms with Crippen LogP contribution in [0.4, 0.5) is 4.39 Å². The van der Waals surface area contributed by atoms with Crippen molar-refractivity contribution < 1.29 is 14.2 Å². The average Bonchev–Trinajstić information content (AvgIpc) is 2.86. The van der Waals surface area contributed by atoms with Crippen LogP contribution >= 0.6 is 0 Å². The summed E-state index contributed by atoms with van der Waals surface area (Å²) in [5, 5.41) is 10.8. The normalized spacial score (nSPS) is 16.6. The number of ether oxygens (including phenoxy) is 1. The molecule has 3 rings (SSSR count). The van der Waals surface area contributed by atoms with Crippen molar-refractivity contribution in [2.24, 2.45) is 0 Å². The highest BCUT2D eigenvalue weighted by molar-refractivity contribution is 5.50. The molecule has 2 nitrogen and oxygen atoms in total. The van der Waals surface area contributed by atoms with E-state index in [4.69, 9.17) is 4.74 Å². The van der Waals surface area contributed by atoms with Gasteiger partial charge in [0, 0.05) is 12.0 Å². The molecule has 1 atom stereocenters. The topological polar surface area (TPSA) is 29.5 Å².